The van der Waals surface area contributed by atoms with Crippen LogP contribution in [0.15, 0.2) is 39.9 Å². The third-order valence-electron chi connectivity index (χ3n) is 2.01. The summed E-state index contributed by atoms with van der Waals surface area (Å²) in [7, 11) is 0. The van der Waals surface area contributed by atoms with E-state index in [1.807, 2.05) is 18.2 Å². The molecule has 2 aromatic rings. The molecule has 2 rings (SSSR count). The third kappa shape index (κ3) is 2.38. The summed E-state index contributed by atoms with van der Waals surface area (Å²) in [6.07, 6.45) is 1.23. The lowest BCUT2D eigenvalue weighted by atomic mass is 10.2. The Kier molecular flexibility index (Phi) is 3.50. The minimum atomic E-state index is 0.479. The van der Waals surface area contributed by atoms with Gasteiger partial charge in [-0.1, -0.05) is 16.8 Å². The van der Waals surface area contributed by atoms with Crippen molar-refractivity contribution in [1.29, 1.82) is 0 Å². The first-order valence-electron chi connectivity index (χ1n) is 4.43. The van der Waals surface area contributed by atoms with Gasteiger partial charge in [-0.25, -0.2) is 0 Å². The van der Waals surface area contributed by atoms with Crippen LogP contribution in [0.25, 0.3) is 11.3 Å². The first-order valence-corrected chi connectivity index (χ1v) is 5.89. The molecular formula is C11H7ClINO2. The molecule has 0 aliphatic heterocycles. The van der Waals surface area contributed by atoms with Gasteiger partial charge in [-0.05, 0) is 52.9 Å². The normalized spacial score (nSPS) is 11.1. The van der Waals surface area contributed by atoms with E-state index in [1.54, 1.807) is 12.1 Å². The Labute approximate surface area is 111 Å². The van der Waals surface area contributed by atoms with Gasteiger partial charge in [0.25, 0.3) is 0 Å². The van der Waals surface area contributed by atoms with Gasteiger partial charge in [-0.3, -0.25) is 0 Å². The summed E-state index contributed by atoms with van der Waals surface area (Å²) in [5, 5.41) is 11.9. The number of rotatable bonds is 2. The summed E-state index contributed by atoms with van der Waals surface area (Å²) in [4.78, 5) is 0. The molecule has 0 aliphatic carbocycles. The first-order chi connectivity index (χ1) is 7.70. The number of hydrogen-bond acceptors (Lipinski definition) is 3. The molecule has 0 radical (unpaired) electrons. The fourth-order valence-corrected chi connectivity index (χ4v) is 2.26. The van der Waals surface area contributed by atoms with Gasteiger partial charge < -0.3 is 9.62 Å². The highest BCUT2D eigenvalue weighted by Gasteiger charge is 2.08. The van der Waals surface area contributed by atoms with Crippen molar-refractivity contribution in [2.24, 2.45) is 5.16 Å². The standard InChI is InChI=1S/C11H7ClINO2/c12-10-5-7(13)1-3-9(10)11-4-2-8(16-11)6-14-15/h1-6,15H/b14-6+. The average molecular weight is 348 g/mol. The minimum Gasteiger partial charge on any atom is -0.455 e. The highest BCUT2D eigenvalue weighted by molar-refractivity contribution is 14.1. The molecule has 0 fully saturated rings. The predicted molar refractivity (Wildman–Crippen MR) is 71.3 cm³/mol. The number of furan rings is 1. The fraction of sp³-hybridized carbons (Fsp3) is 0. The summed E-state index contributed by atoms with van der Waals surface area (Å²) in [5.74, 6) is 1.13. The van der Waals surface area contributed by atoms with Crippen LogP contribution in [0.4, 0.5) is 0 Å². The first kappa shape index (κ1) is 11.5. The van der Waals surface area contributed by atoms with Gasteiger partial charge in [-0.15, -0.1) is 0 Å². The molecule has 82 valence electrons. The molecule has 0 amide bonds. The average Bonchev–Trinajstić information content (AvgIpc) is 2.67. The van der Waals surface area contributed by atoms with Crippen LogP contribution >= 0.6 is 34.2 Å². The Morgan fingerprint density at radius 1 is 1.31 bits per heavy atom. The van der Waals surface area contributed by atoms with E-state index >= 15 is 0 Å². The topological polar surface area (TPSA) is 45.7 Å². The second kappa shape index (κ2) is 4.88. The zero-order valence-corrected chi connectivity index (χ0v) is 10.9. The van der Waals surface area contributed by atoms with Crippen LogP contribution in [0.2, 0.25) is 5.02 Å². The zero-order chi connectivity index (χ0) is 11.5. The Morgan fingerprint density at radius 2 is 2.12 bits per heavy atom. The Morgan fingerprint density at radius 3 is 2.81 bits per heavy atom. The molecule has 1 aromatic carbocycles. The zero-order valence-electron chi connectivity index (χ0n) is 8.02. The van der Waals surface area contributed by atoms with Crippen LogP contribution < -0.4 is 0 Å². The number of benzene rings is 1. The quantitative estimate of drug-likeness (QED) is 0.386. The van der Waals surface area contributed by atoms with E-state index in [0.29, 0.717) is 16.5 Å². The van der Waals surface area contributed by atoms with Gasteiger partial charge in [0.15, 0.2) is 0 Å². The molecule has 0 spiro atoms. The highest BCUT2D eigenvalue weighted by atomic mass is 127. The van der Waals surface area contributed by atoms with Gasteiger partial charge in [0.1, 0.15) is 17.7 Å². The number of hydrogen-bond donors (Lipinski definition) is 1. The van der Waals surface area contributed by atoms with Crippen molar-refractivity contribution >= 4 is 40.4 Å². The van der Waals surface area contributed by atoms with E-state index < -0.39 is 0 Å². The van der Waals surface area contributed by atoms with Crippen LogP contribution in [0.1, 0.15) is 5.76 Å². The maximum absolute atomic E-state index is 8.37. The molecule has 0 saturated heterocycles. The van der Waals surface area contributed by atoms with E-state index in [0.717, 1.165) is 9.13 Å². The van der Waals surface area contributed by atoms with Crippen molar-refractivity contribution < 1.29 is 9.62 Å². The van der Waals surface area contributed by atoms with Crippen molar-refractivity contribution in [2.75, 3.05) is 0 Å². The van der Waals surface area contributed by atoms with E-state index in [2.05, 4.69) is 27.7 Å². The molecule has 16 heavy (non-hydrogen) atoms. The van der Waals surface area contributed by atoms with Crippen molar-refractivity contribution in [2.45, 2.75) is 0 Å². The maximum atomic E-state index is 8.37. The molecule has 1 N–H and O–H groups in total. The summed E-state index contributed by atoms with van der Waals surface area (Å²) in [5.41, 5.74) is 0.819. The highest BCUT2D eigenvalue weighted by Crippen LogP contribution is 2.30. The third-order valence-corrected chi connectivity index (χ3v) is 2.99. The largest absolute Gasteiger partial charge is 0.455 e. The fourth-order valence-electron chi connectivity index (χ4n) is 1.31. The molecule has 0 bridgehead atoms. The van der Waals surface area contributed by atoms with Gasteiger partial charge >= 0.3 is 0 Å². The predicted octanol–water partition coefficient (Wildman–Crippen LogP) is 4.01. The minimum absolute atomic E-state index is 0.479. The smallest absolute Gasteiger partial charge is 0.149 e. The van der Waals surface area contributed by atoms with Crippen LogP contribution in [0.5, 0.6) is 0 Å². The van der Waals surface area contributed by atoms with E-state index in [9.17, 15) is 0 Å². The number of oxime groups is 1. The lowest BCUT2D eigenvalue weighted by molar-refractivity contribution is 0.321. The van der Waals surface area contributed by atoms with Crippen molar-refractivity contribution in [3.8, 4) is 11.3 Å². The van der Waals surface area contributed by atoms with Crippen molar-refractivity contribution in [1.82, 2.24) is 0 Å². The Balaban J connectivity index is 2.42. The van der Waals surface area contributed by atoms with Crippen LogP contribution in [0.3, 0.4) is 0 Å². The van der Waals surface area contributed by atoms with Gasteiger partial charge in [0.05, 0.1) is 5.02 Å². The molecule has 5 heteroatoms. The van der Waals surface area contributed by atoms with Gasteiger partial charge in [0, 0.05) is 9.13 Å². The molecule has 3 nitrogen and oxygen atoms in total. The van der Waals surface area contributed by atoms with Crippen LogP contribution in [-0.4, -0.2) is 11.4 Å². The van der Waals surface area contributed by atoms with Crippen molar-refractivity contribution in [3.63, 3.8) is 0 Å². The summed E-state index contributed by atoms with van der Waals surface area (Å²) >= 11 is 8.29. The number of nitrogens with zero attached hydrogens (tertiary/aromatic N) is 1. The monoisotopic (exact) mass is 347 g/mol. The SMILES string of the molecule is O/N=C/c1ccc(-c2ccc(I)cc2Cl)o1. The Hall–Kier alpha value is -1.01. The summed E-state index contributed by atoms with van der Waals surface area (Å²) in [6.45, 7) is 0. The molecular weight excluding hydrogens is 340 g/mol. The van der Waals surface area contributed by atoms with E-state index in [4.69, 9.17) is 21.2 Å². The molecule has 0 saturated carbocycles. The molecule has 0 aliphatic rings. The van der Waals surface area contributed by atoms with Crippen LogP contribution in [-0.2, 0) is 0 Å². The Bertz CT molecular complexity index is 537. The second-order valence-corrected chi connectivity index (χ2v) is 4.72. The lowest BCUT2D eigenvalue weighted by Crippen LogP contribution is -1.78. The molecule has 1 heterocycles. The lowest BCUT2D eigenvalue weighted by Gasteiger charge is -2.00. The van der Waals surface area contributed by atoms with E-state index in [1.165, 1.54) is 6.21 Å². The van der Waals surface area contributed by atoms with Crippen molar-refractivity contribution in [3.05, 3.63) is 44.7 Å². The summed E-state index contributed by atoms with van der Waals surface area (Å²) in [6, 6.07) is 9.20. The molecule has 0 unspecified atom stereocenters. The molecule has 0 atom stereocenters. The van der Waals surface area contributed by atoms with Crippen LogP contribution in [0, 0.1) is 3.57 Å². The maximum Gasteiger partial charge on any atom is 0.149 e. The second-order valence-electron chi connectivity index (χ2n) is 3.07. The van der Waals surface area contributed by atoms with E-state index in [-0.39, 0.29) is 0 Å². The van der Waals surface area contributed by atoms with Gasteiger partial charge in [-0.2, -0.15) is 0 Å². The summed E-state index contributed by atoms with van der Waals surface area (Å²) < 4.78 is 6.50. The number of halogens is 2. The van der Waals surface area contributed by atoms with Gasteiger partial charge in [0.2, 0.25) is 0 Å². The molecule has 1 aromatic heterocycles.